The zero-order valence-corrected chi connectivity index (χ0v) is 9.57. The molecule has 0 fully saturated rings. The van der Waals surface area contributed by atoms with E-state index in [-0.39, 0.29) is 12.3 Å². The van der Waals surface area contributed by atoms with E-state index < -0.39 is 11.9 Å². The Morgan fingerprint density at radius 3 is 2.88 bits per heavy atom. The number of halogens is 1. The van der Waals surface area contributed by atoms with Crippen LogP contribution in [0, 0.1) is 0 Å². The normalized spacial score (nSPS) is 9.62. The number of hydrogen-bond acceptors (Lipinski definition) is 3. The van der Waals surface area contributed by atoms with Crippen molar-refractivity contribution < 1.29 is 9.59 Å². The summed E-state index contributed by atoms with van der Waals surface area (Å²) in [6.45, 7) is 0. The summed E-state index contributed by atoms with van der Waals surface area (Å²) in [5, 5.41) is 2.21. The number of nitrogens with one attached hydrogen (secondary N) is 1. The lowest BCUT2D eigenvalue weighted by Crippen LogP contribution is -2.40. The first kappa shape index (κ1) is 12.4. The van der Waals surface area contributed by atoms with Crippen LogP contribution in [0.25, 0.3) is 0 Å². The van der Waals surface area contributed by atoms with Crippen LogP contribution in [0.3, 0.4) is 0 Å². The molecule has 0 aromatic carbocycles. The molecular formula is C10H12ClN3O2. The van der Waals surface area contributed by atoms with Gasteiger partial charge in [-0.1, -0.05) is 0 Å². The number of carbonyl (C=O) groups excluding carboxylic acids is 2. The number of urea groups is 1. The summed E-state index contributed by atoms with van der Waals surface area (Å²) >= 11 is 5.38. The van der Waals surface area contributed by atoms with Crippen LogP contribution in [0.2, 0.25) is 0 Å². The molecule has 1 aromatic heterocycles. The van der Waals surface area contributed by atoms with E-state index in [1.54, 1.807) is 25.4 Å². The van der Waals surface area contributed by atoms with Gasteiger partial charge in [-0.15, -0.1) is 11.6 Å². The third kappa shape index (κ3) is 3.51. The summed E-state index contributed by atoms with van der Waals surface area (Å²) < 4.78 is 0. The lowest BCUT2D eigenvalue weighted by Gasteiger charge is -2.16. The summed E-state index contributed by atoms with van der Waals surface area (Å²) in [4.78, 5) is 27.9. The quantitative estimate of drug-likeness (QED) is 0.814. The van der Waals surface area contributed by atoms with Crippen molar-refractivity contribution in [1.29, 1.82) is 0 Å². The summed E-state index contributed by atoms with van der Waals surface area (Å²) in [5.74, 6) is -0.203. The molecule has 6 heteroatoms. The van der Waals surface area contributed by atoms with E-state index in [1.165, 1.54) is 11.1 Å². The maximum absolute atomic E-state index is 11.6. The van der Waals surface area contributed by atoms with E-state index in [0.717, 1.165) is 0 Å². The fraction of sp³-hybridized carbons (Fsp3) is 0.300. The van der Waals surface area contributed by atoms with Crippen LogP contribution >= 0.6 is 11.6 Å². The number of nitrogens with zero attached hydrogens (tertiary/aromatic N) is 2. The Morgan fingerprint density at radius 1 is 1.56 bits per heavy atom. The molecule has 0 radical (unpaired) electrons. The predicted molar refractivity (Wildman–Crippen MR) is 61.5 cm³/mol. The molecule has 1 aromatic rings. The van der Waals surface area contributed by atoms with Gasteiger partial charge in [-0.05, 0) is 12.1 Å². The zero-order chi connectivity index (χ0) is 12.0. The average Bonchev–Trinajstić information content (AvgIpc) is 2.29. The number of aromatic nitrogens is 1. The number of anilines is 1. The highest BCUT2D eigenvalue weighted by Gasteiger charge is 2.13. The molecule has 86 valence electrons. The van der Waals surface area contributed by atoms with Crippen LogP contribution < -0.4 is 10.2 Å². The van der Waals surface area contributed by atoms with Crippen LogP contribution in [0.15, 0.2) is 24.5 Å². The van der Waals surface area contributed by atoms with Gasteiger partial charge in [0.1, 0.15) is 0 Å². The first-order chi connectivity index (χ1) is 7.65. The van der Waals surface area contributed by atoms with Crippen LogP contribution in [0.1, 0.15) is 6.42 Å². The van der Waals surface area contributed by atoms with Gasteiger partial charge < -0.3 is 0 Å². The highest BCUT2D eigenvalue weighted by Crippen LogP contribution is 2.08. The Labute approximate surface area is 98.4 Å². The minimum atomic E-state index is -0.497. The van der Waals surface area contributed by atoms with Crippen molar-refractivity contribution in [1.82, 2.24) is 10.3 Å². The topological polar surface area (TPSA) is 62.3 Å². The van der Waals surface area contributed by atoms with Crippen LogP contribution in [-0.4, -0.2) is 29.8 Å². The molecule has 1 heterocycles. The van der Waals surface area contributed by atoms with Crippen LogP contribution in [-0.2, 0) is 4.79 Å². The van der Waals surface area contributed by atoms with Crippen molar-refractivity contribution >= 4 is 29.2 Å². The van der Waals surface area contributed by atoms with Gasteiger partial charge in [0.25, 0.3) is 0 Å². The maximum Gasteiger partial charge on any atom is 0.328 e. The molecule has 0 unspecified atom stereocenters. The Hall–Kier alpha value is -1.62. The fourth-order valence-corrected chi connectivity index (χ4v) is 1.19. The number of imide groups is 1. The fourth-order valence-electron chi connectivity index (χ4n) is 1.02. The molecule has 0 atom stereocenters. The second-order valence-electron chi connectivity index (χ2n) is 3.06. The van der Waals surface area contributed by atoms with Crippen LogP contribution in [0.5, 0.6) is 0 Å². The van der Waals surface area contributed by atoms with Gasteiger partial charge >= 0.3 is 6.03 Å². The summed E-state index contributed by atoms with van der Waals surface area (Å²) in [5.41, 5.74) is 0.610. The highest BCUT2D eigenvalue weighted by molar-refractivity contribution is 6.19. The standard InChI is InChI=1S/C10H12ClN3O2/c1-14(8-3-2-6-12-7-8)10(16)13-9(15)4-5-11/h2-3,6-7H,4-5H2,1H3,(H,13,15,16). The van der Waals surface area contributed by atoms with Crippen molar-refractivity contribution in [2.24, 2.45) is 0 Å². The molecule has 1 rings (SSSR count). The van der Waals surface area contributed by atoms with Gasteiger partial charge in [0.05, 0.1) is 11.9 Å². The summed E-state index contributed by atoms with van der Waals surface area (Å²) in [6, 6.07) is 2.93. The van der Waals surface area contributed by atoms with Gasteiger partial charge in [-0.3, -0.25) is 20.0 Å². The monoisotopic (exact) mass is 241 g/mol. The third-order valence-corrected chi connectivity index (χ3v) is 2.09. The second kappa shape index (κ2) is 6.07. The minimum Gasteiger partial charge on any atom is -0.296 e. The SMILES string of the molecule is CN(C(=O)NC(=O)CCCl)c1cccnc1. The van der Waals surface area contributed by atoms with Crippen molar-refractivity contribution in [2.45, 2.75) is 6.42 Å². The Morgan fingerprint density at radius 2 is 2.31 bits per heavy atom. The molecule has 0 saturated heterocycles. The highest BCUT2D eigenvalue weighted by atomic mass is 35.5. The first-order valence-corrected chi connectivity index (χ1v) is 5.22. The van der Waals surface area contributed by atoms with Crippen molar-refractivity contribution in [2.75, 3.05) is 17.8 Å². The van der Waals surface area contributed by atoms with Crippen LogP contribution in [0.4, 0.5) is 10.5 Å². The Bertz CT molecular complexity index is 370. The molecule has 0 saturated carbocycles. The van der Waals surface area contributed by atoms with Gasteiger partial charge in [0.2, 0.25) is 5.91 Å². The molecule has 0 aliphatic carbocycles. The third-order valence-electron chi connectivity index (χ3n) is 1.91. The predicted octanol–water partition coefficient (Wildman–Crippen LogP) is 1.38. The number of pyridine rings is 1. The number of rotatable bonds is 3. The maximum atomic E-state index is 11.6. The molecular weight excluding hydrogens is 230 g/mol. The second-order valence-corrected chi connectivity index (χ2v) is 3.44. The van der Waals surface area contributed by atoms with Gasteiger partial charge in [-0.2, -0.15) is 0 Å². The van der Waals surface area contributed by atoms with Gasteiger partial charge in [0.15, 0.2) is 0 Å². The average molecular weight is 242 g/mol. The Balaban J connectivity index is 2.58. The van der Waals surface area contributed by atoms with Crippen molar-refractivity contribution in [3.05, 3.63) is 24.5 Å². The first-order valence-electron chi connectivity index (χ1n) is 4.68. The summed E-state index contributed by atoms with van der Waals surface area (Å²) in [6.07, 6.45) is 3.26. The van der Waals surface area contributed by atoms with E-state index in [0.29, 0.717) is 5.69 Å². The molecule has 0 bridgehead atoms. The lowest BCUT2D eigenvalue weighted by molar-refractivity contribution is -0.119. The lowest BCUT2D eigenvalue weighted by atomic mass is 10.4. The molecule has 1 N–H and O–H groups in total. The van der Waals surface area contributed by atoms with E-state index in [4.69, 9.17) is 11.6 Å². The molecule has 16 heavy (non-hydrogen) atoms. The van der Waals surface area contributed by atoms with Crippen molar-refractivity contribution in [3.63, 3.8) is 0 Å². The number of amides is 3. The molecule has 0 aliphatic heterocycles. The van der Waals surface area contributed by atoms with Gasteiger partial charge in [0, 0.05) is 25.5 Å². The van der Waals surface area contributed by atoms with E-state index >= 15 is 0 Å². The van der Waals surface area contributed by atoms with E-state index in [9.17, 15) is 9.59 Å². The Kier molecular flexibility index (Phi) is 4.72. The molecule has 3 amide bonds. The van der Waals surface area contributed by atoms with Gasteiger partial charge in [-0.25, -0.2) is 4.79 Å². The van der Waals surface area contributed by atoms with E-state index in [1.807, 2.05) is 0 Å². The van der Waals surface area contributed by atoms with Crippen molar-refractivity contribution in [3.8, 4) is 0 Å². The number of carbonyl (C=O) groups is 2. The minimum absolute atomic E-state index is 0.119. The zero-order valence-electron chi connectivity index (χ0n) is 8.81. The smallest absolute Gasteiger partial charge is 0.296 e. The molecule has 0 aliphatic rings. The largest absolute Gasteiger partial charge is 0.328 e. The van der Waals surface area contributed by atoms with E-state index in [2.05, 4.69) is 10.3 Å². The molecule has 0 spiro atoms. The summed E-state index contributed by atoms with van der Waals surface area (Å²) in [7, 11) is 1.56. The number of hydrogen-bond donors (Lipinski definition) is 1. The number of alkyl halides is 1. The molecule has 5 nitrogen and oxygen atoms in total.